The molecule has 2 aromatic carbocycles. The summed E-state index contributed by atoms with van der Waals surface area (Å²) in [6.07, 6.45) is 0.140. The number of carbonyl (C=O) groups excluding carboxylic acids is 1. The topological polar surface area (TPSA) is 38.3 Å². The summed E-state index contributed by atoms with van der Waals surface area (Å²) in [5.74, 6) is 0.640. The van der Waals surface area contributed by atoms with Gasteiger partial charge in [0.1, 0.15) is 5.75 Å². The highest BCUT2D eigenvalue weighted by Crippen LogP contribution is 2.22. The first-order valence-corrected chi connectivity index (χ1v) is 8.52. The molecule has 1 N–H and O–H groups in total. The van der Waals surface area contributed by atoms with Gasteiger partial charge in [0.2, 0.25) is 0 Å². The average molecular weight is 325 g/mol. The molecule has 0 radical (unpaired) electrons. The predicted octanol–water partition coefficient (Wildman–Crippen LogP) is 4.65. The zero-order chi connectivity index (χ0) is 17.7. The molecule has 3 heteroatoms. The zero-order valence-corrected chi connectivity index (χ0v) is 15.2. The van der Waals surface area contributed by atoms with Crippen LogP contribution < -0.4 is 10.1 Å². The Morgan fingerprint density at radius 2 is 1.67 bits per heavy atom. The van der Waals surface area contributed by atoms with Gasteiger partial charge in [-0.05, 0) is 68.5 Å². The quantitative estimate of drug-likeness (QED) is 0.840. The molecule has 0 bridgehead atoms. The van der Waals surface area contributed by atoms with Crippen LogP contribution in [0.4, 0.5) is 0 Å². The van der Waals surface area contributed by atoms with Crippen molar-refractivity contribution >= 4 is 5.91 Å². The molecule has 2 rings (SSSR count). The minimum atomic E-state index is -0.485. The number of amides is 1. The smallest absolute Gasteiger partial charge is 0.261 e. The van der Waals surface area contributed by atoms with Gasteiger partial charge in [-0.25, -0.2) is 0 Å². The lowest BCUT2D eigenvalue weighted by Gasteiger charge is -2.22. The molecule has 1 amide bonds. The van der Waals surface area contributed by atoms with Crippen LogP contribution in [0.25, 0.3) is 0 Å². The van der Waals surface area contributed by atoms with Crippen LogP contribution in [0.5, 0.6) is 5.75 Å². The molecule has 0 spiro atoms. The van der Waals surface area contributed by atoms with Crippen LogP contribution in [0.1, 0.15) is 48.6 Å². The molecule has 0 aliphatic rings. The van der Waals surface area contributed by atoms with Gasteiger partial charge in [0.25, 0.3) is 5.91 Å². The Bertz CT molecular complexity index is 694. The van der Waals surface area contributed by atoms with Crippen LogP contribution in [0, 0.1) is 20.8 Å². The van der Waals surface area contributed by atoms with Crippen LogP contribution in [-0.2, 0) is 4.79 Å². The Morgan fingerprint density at radius 1 is 1.04 bits per heavy atom. The van der Waals surface area contributed by atoms with Crippen molar-refractivity contribution in [2.24, 2.45) is 0 Å². The molecular formula is C21H27NO2. The van der Waals surface area contributed by atoms with Gasteiger partial charge in [0, 0.05) is 0 Å². The van der Waals surface area contributed by atoms with Crippen molar-refractivity contribution in [3.63, 3.8) is 0 Å². The number of carbonyl (C=O) groups is 1. The second-order valence-electron chi connectivity index (χ2n) is 6.35. The summed E-state index contributed by atoms with van der Waals surface area (Å²) in [6, 6.07) is 13.8. The number of hydrogen-bond acceptors (Lipinski definition) is 2. The molecular weight excluding hydrogens is 298 g/mol. The van der Waals surface area contributed by atoms with Crippen molar-refractivity contribution in [3.05, 3.63) is 64.7 Å². The molecule has 0 heterocycles. The largest absolute Gasteiger partial charge is 0.481 e. The third kappa shape index (κ3) is 4.38. The van der Waals surface area contributed by atoms with Crippen LogP contribution in [-0.4, -0.2) is 12.0 Å². The summed E-state index contributed by atoms with van der Waals surface area (Å²) in [5, 5.41) is 3.09. The molecule has 2 aromatic rings. The van der Waals surface area contributed by atoms with Gasteiger partial charge in [0.15, 0.2) is 6.10 Å². The van der Waals surface area contributed by atoms with Gasteiger partial charge in [-0.3, -0.25) is 4.79 Å². The summed E-state index contributed by atoms with van der Waals surface area (Å²) in [5.41, 5.74) is 4.86. The van der Waals surface area contributed by atoms with Crippen molar-refractivity contribution in [2.45, 2.75) is 53.2 Å². The van der Waals surface area contributed by atoms with E-state index in [9.17, 15) is 4.79 Å². The number of benzene rings is 2. The Hall–Kier alpha value is -2.29. The number of ether oxygens (including phenoxy) is 1. The van der Waals surface area contributed by atoms with Crippen LogP contribution in [0.2, 0.25) is 0 Å². The summed E-state index contributed by atoms with van der Waals surface area (Å²) in [6.45, 7) is 10.3. The minimum absolute atomic E-state index is 0.0507. The van der Waals surface area contributed by atoms with Gasteiger partial charge in [-0.1, -0.05) is 37.3 Å². The fourth-order valence-corrected chi connectivity index (χ4v) is 2.82. The minimum Gasteiger partial charge on any atom is -0.481 e. The van der Waals surface area contributed by atoms with Gasteiger partial charge in [-0.2, -0.15) is 0 Å². The van der Waals surface area contributed by atoms with Gasteiger partial charge >= 0.3 is 0 Å². The van der Waals surface area contributed by atoms with E-state index in [0.29, 0.717) is 6.42 Å². The average Bonchev–Trinajstić information content (AvgIpc) is 2.56. The maximum atomic E-state index is 12.6. The van der Waals surface area contributed by atoms with Crippen LogP contribution in [0.3, 0.4) is 0 Å². The lowest BCUT2D eigenvalue weighted by molar-refractivity contribution is -0.128. The number of nitrogens with one attached hydrogen (secondary N) is 1. The molecule has 2 atom stereocenters. The molecule has 0 saturated carbocycles. The van der Waals surface area contributed by atoms with Gasteiger partial charge in [0.05, 0.1) is 6.04 Å². The third-order valence-corrected chi connectivity index (χ3v) is 4.39. The molecule has 24 heavy (non-hydrogen) atoms. The molecule has 0 saturated heterocycles. The normalized spacial score (nSPS) is 13.2. The maximum Gasteiger partial charge on any atom is 0.261 e. The van der Waals surface area contributed by atoms with E-state index in [0.717, 1.165) is 11.3 Å². The summed E-state index contributed by atoms with van der Waals surface area (Å²) >= 11 is 0. The first kappa shape index (κ1) is 18.1. The van der Waals surface area contributed by atoms with Gasteiger partial charge < -0.3 is 10.1 Å². The first-order valence-electron chi connectivity index (χ1n) is 8.52. The van der Waals surface area contributed by atoms with E-state index in [1.54, 1.807) is 0 Å². The van der Waals surface area contributed by atoms with Crippen molar-refractivity contribution in [3.8, 4) is 5.75 Å². The molecule has 0 unspecified atom stereocenters. The number of aryl methyl sites for hydroxylation is 3. The van der Waals surface area contributed by atoms with E-state index in [2.05, 4.69) is 38.2 Å². The molecule has 3 nitrogen and oxygen atoms in total. The monoisotopic (exact) mass is 325 g/mol. The number of para-hydroxylation sites is 1. The molecule has 128 valence electrons. The molecule has 0 aromatic heterocycles. The van der Waals surface area contributed by atoms with Crippen LogP contribution in [0.15, 0.2) is 42.5 Å². The van der Waals surface area contributed by atoms with E-state index >= 15 is 0 Å². The Kier molecular flexibility index (Phi) is 6.02. The lowest BCUT2D eigenvalue weighted by Crippen LogP contribution is -2.39. The summed E-state index contributed by atoms with van der Waals surface area (Å²) in [7, 11) is 0. The highest BCUT2D eigenvalue weighted by Gasteiger charge is 2.21. The molecule has 0 aliphatic heterocycles. The Labute approximate surface area is 145 Å². The lowest BCUT2D eigenvalue weighted by atomic mass is 9.96. The molecule has 0 aliphatic carbocycles. The zero-order valence-electron chi connectivity index (χ0n) is 15.2. The second kappa shape index (κ2) is 8.00. The highest BCUT2D eigenvalue weighted by atomic mass is 16.5. The fourth-order valence-electron chi connectivity index (χ4n) is 2.82. The Balaban J connectivity index is 2.08. The van der Waals surface area contributed by atoms with Gasteiger partial charge in [-0.15, -0.1) is 0 Å². The van der Waals surface area contributed by atoms with E-state index in [1.807, 2.05) is 44.2 Å². The SMILES string of the molecule is CC[C@@H](Oc1ccccc1)C(=O)N[C@@H](C)c1cc(C)c(C)cc1C. The predicted molar refractivity (Wildman–Crippen MR) is 98.4 cm³/mol. The number of hydrogen-bond donors (Lipinski definition) is 1. The van der Waals surface area contributed by atoms with E-state index in [-0.39, 0.29) is 11.9 Å². The molecule has 0 fully saturated rings. The maximum absolute atomic E-state index is 12.6. The van der Waals surface area contributed by atoms with E-state index in [4.69, 9.17) is 4.74 Å². The van der Waals surface area contributed by atoms with Crippen molar-refractivity contribution in [1.29, 1.82) is 0 Å². The van der Waals surface area contributed by atoms with Crippen molar-refractivity contribution in [2.75, 3.05) is 0 Å². The summed E-state index contributed by atoms with van der Waals surface area (Å²) in [4.78, 5) is 12.6. The van der Waals surface area contributed by atoms with E-state index in [1.165, 1.54) is 16.7 Å². The van der Waals surface area contributed by atoms with E-state index < -0.39 is 6.10 Å². The first-order chi connectivity index (χ1) is 11.4. The standard InChI is InChI=1S/C21H27NO2/c1-6-20(24-18-10-8-7-9-11-18)21(23)22-17(5)19-13-15(3)14(2)12-16(19)4/h7-13,17,20H,6H2,1-5H3,(H,22,23)/t17-,20+/m0/s1. The fraction of sp³-hybridized carbons (Fsp3) is 0.381. The van der Waals surface area contributed by atoms with Crippen molar-refractivity contribution < 1.29 is 9.53 Å². The Morgan fingerprint density at radius 3 is 2.29 bits per heavy atom. The second-order valence-corrected chi connectivity index (χ2v) is 6.35. The highest BCUT2D eigenvalue weighted by molar-refractivity contribution is 5.81. The van der Waals surface area contributed by atoms with Crippen molar-refractivity contribution in [1.82, 2.24) is 5.32 Å². The van der Waals surface area contributed by atoms with Crippen LogP contribution >= 0.6 is 0 Å². The number of rotatable bonds is 6. The third-order valence-electron chi connectivity index (χ3n) is 4.39. The summed E-state index contributed by atoms with van der Waals surface area (Å²) < 4.78 is 5.82.